The van der Waals surface area contributed by atoms with Crippen LogP contribution in [0.25, 0.3) is 0 Å². The van der Waals surface area contributed by atoms with Crippen LogP contribution in [0.5, 0.6) is 0 Å². The van der Waals surface area contributed by atoms with Gasteiger partial charge in [0.2, 0.25) is 11.8 Å². The molecule has 1 saturated carbocycles. The van der Waals surface area contributed by atoms with Crippen LogP contribution in [-0.4, -0.2) is 43.7 Å². The van der Waals surface area contributed by atoms with E-state index in [2.05, 4.69) is 36.1 Å². The highest BCUT2D eigenvalue weighted by atomic mass is 32.2. The number of hydroxylamine groups is 1. The summed E-state index contributed by atoms with van der Waals surface area (Å²) in [5.74, 6) is 1.57. The first-order chi connectivity index (χ1) is 16.5. The number of carbonyl (C=O) groups is 2. The van der Waals surface area contributed by atoms with Crippen molar-refractivity contribution >= 4 is 46.7 Å². The first kappa shape index (κ1) is 23.5. The number of nitrogens with one attached hydrogen (secondary N) is 5. The maximum atomic E-state index is 11.9. The number of benzene rings is 1. The molecule has 0 saturated heterocycles. The van der Waals surface area contributed by atoms with Gasteiger partial charge in [0.25, 0.3) is 0 Å². The van der Waals surface area contributed by atoms with Gasteiger partial charge in [-0.1, -0.05) is 0 Å². The number of aryl methyl sites for hydroxylation is 1. The fourth-order valence-electron chi connectivity index (χ4n) is 3.06. The molecule has 0 bridgehead atoms. The Bertz CT molecular complexity index is 1150. The molecule has 4 rings (SSSR count). The average Bonchev–Trinajstić information content (AvgIpc) is 3.60. The Balaban J connectivity index is 1.44. The minimum absolute atomic E-state index is 0.0725. The molecule has 12 heteroatoms. The smallest absolute Gasteiger partial charge is 0.243 e. The van der Waals surface area contributed by atoms with Gasteiger partial charge in [-0.25, -0.2) is 15.4 Å². The molecule has 178 valence electrons. The van der Waals surface area contributed by atoms with E-state index in [1.807, 2.05) is 37.3 Å². The first-order valence-electron chi connectivity index (χ1n) is 10.9. The second-order valence-electron chi connectivity index (χ2n) is 7.94. The highest BCUT2D eigenvalue weighted by Crippen LogP contribution is 2.31. The molecule has 2 amide bonds. The SMILES string of the molecule is Cc1cc(Nc2cc(NCCCC(=O)NO)nc(Sc3ccc(NC(=O)C4CC4)cc3)n2)n[nH]1. The summed E-state index contributed by atoms with van der Waals surface area (Å²) in [4.78, 5) is 33.2. The summed E-state index contributed by atoms with van der Waals surface area (Å²) >= 11 is 1.39. The maximum Gasteiger partial charge on any atom is 0.243 e. The lowest BCUT2D eigenvalue weighted by atomic mass is 10.3. The van der Waals surface area contributed by atoms with Crippen LogP contribution in [0.4, 0.5) is 23.1 Å². The average molecular weight is 483 g/mol. The maximum absolute atomic E-state index is 11.9. The van der Waals surface area contributed by atoms with Crippen LogP contribution in [-0.2, 0) is 9.59 Å². The summed E-state index contributed by atoms with van der Waals surface area (Å²) in [6.07, 6.45) is 2.64. The first-order valence-corrected chi connectivity index (χ1v) is 11.7. The van der Waals surface area contributed by atoms with Crippen molar-refractivity contribution in [3.05, 3.63) is 42.1 Å². The van der Waals surface area contributed by atoms with Crippen molar-refractivity contribution in [1.29, 1.82) is 0 Å². The zero-order chi connectivity index (χ0) is 23.9. The van der Waals surface area contributed by atoms with Gasteiger partial charge >= 0.3 is 0 Å². The van der Waals surface area contributed by atoms with E-state index in [4.69, 9.17) is 5.21 Å². The molecule has 0 unspecified atom stereocenters. The fraction of sp³-hybridized carbons (Fsp3) is 0.318. The molecule has 34 heavy (non-hydrogen) atoms. The monoisotopic (exact) mass is 482 g/mol. The molecular formula is C22H26N8O3S. The second kappa shape index (κ2) is 11.0. The van der Waals surface area contributed by atoms with E-state index >= 15 is 0 Å². The van der Waals surface area contributed by atoms with E-state index in [1.54, 1.807) is 11.5 Å². The number of carbonyl (C=O) groups excluding carboxylic acids is 2. The lowest BCUT2D eigenvalue weighted by Gasteiger charge is -2.11. The van der Waals surface area contributed by atoms with Crippen LogP contribution < -0.4 is 21.4 Å². The van der Waals surface area contributed by atoms with Crippen molar-refractivity contribution in [2.75, 3.05) is 22.5 Å². The van der Waals surface area contributed by atoms with Crippen molar-refractivity contribution < 1.29 is 14.8 Å². The van der Waals surface area contributed by atoms with Gasteiger partial charge < -0.3 is 16.0 Å². The Morgan fingerprint density at radius 2 is 1.88 bits per heavy atom. The lowest BCUT2D eigenvalue weighted by molar-refractivity contribution is -0.129. The molecule has 0 radical (unpaired) electrons. The molecule has 2 aromatic heterocycles. The number of amides is 2. The quantitative estimate of drug-likeness (QED) is 0.104. The Hall–Kier alpha value is -3.64. The largest absolute Gasteiger partial charge is 0.370 e. The van der Waals surface area contributed by atoms with E-state index in [9.17, 15) is 9.59 Å². The number of nitrogens with zero attached hydrogens (tertiary/aromatic N) is 3. The third kappa shape index (κ3) is 6.93. The van der Waals surface area contributed by atoms with Crippen molar-refractivity contribution in [3.63, 3.8) is 0 Å². The van der Waals surface area contributed by atoms with Gasteiger partial charge in [0.05, 0.1) is 0 Å². The normalized spacial score (nSPS) is 12.8. The van der Waals surface area contributed by atoms with Gasteiger partial charge in [-0.15, -0.1) is 0 Å². The molecule has 2 heterocycles. The molecule has 3 aromatic rings. The zero-order valence-electron chi connectivity index (χ0n) is 18.6. The fourth-order valence-corrected chi connectivity index (χ4v) is 3.83. The van der Waals surface area contributed by atoms with Crippen LogP contribution in [0.15, 0.2) is 46.5 Å². The predicted octanol–water partition coefficient (Wildman–Crippen LogP) is 3.45. The molecule has 0 aliphatic heterocycles. The molecule has 0 atom stereocenters. The molecular weight excluding hydrogens is 456 g/mol. The highest BCUT2D eigenvalue weighted by molar-refractivity contribution is 7.99. The van der Waals surface area contributed by atoms with Crippen LogP contribution in [0.1, 0.15) is 31.4 Å². The minimum atomic E-state index is -0.436. The third-order valence-electron chi connectivity index (χ3n) is 4.96. The molecule has 6 N–H and O–H groups in total. The van der Waals surface area contributed by atoms with Gasteiger partial charge in [-0.05, 0) is 62.2 Å². The van der Waals surface area contributed by atoms with E-state index in [-0.39, 0.29) is 18.2 Å². The highest BCUT2D eigenvalue weighted by Gasteiger charge is 2.29. The molecule has 1 aliphatic rings. The molecule has 11 nitrogen and oxygen atoms in total. The number of hydrogen-bond acceptors (Lipinski definition) is 9. The van der Waals surface area contributed by atoms with Gasteiger partial charge in [-0.3, -0.25) is 19.9 Å². The number of H-pyrrole nitrogens is 1. The predicted molar refractivity (Wildman–Crippen MR) is 128 cm³/mol. The van der Waals surface area contributed by atoms with Crippen molar-refractivity contribution in [1.82, 2.24) is 25.6 Å². The molecule has 1 aliphatic carbocycles. The molecule has 1 aromatic carbocycles. The number of aromatic nitrogens is 4. The van der Waals surface area contributed by atoms with Crippen LogP contribution >= 0.6 is 11.8 Å². The number of hydrogen-bond donors (Lipinski definition) is 6. The van der Waals surface area contributed by atoms with Gasteiger partial charge in [0.1, 0.15) is 11.6 Å². The van der Waals surface area contributed by atoms with E-state index in [1.165, 1.54) is 11.8 Å². The summed E-state index contributed by atoms with van der Waals surface area (Å²) in [6.45, 7) is 2.40. The van der Waals surface area contributed by atoms with Crippen LogP contribution in [0.2, 0.25) is 0 Å². The Morgan fingerprint density at radius 1 is 1.12 bits per heavy atom. The van der Waals surface area contributed by atoms with Gasteiger partial charge in [0, 0.05) is 47.3 Å². The van der Waals surface area contributed by atoms with Gasteiger partial charge in [0.15, 0.2) is 11.0 Å². The van der Waals surface area contributed by atoms with E-state index in [0.29, 0.717) is 35.6 Å². The number of rotatable bonds is 11. The summed E-state index contributed by atoms with van der Waals surface area (Å²) in [6, 6.07) is 11.2. The number of anilines is 4. The Kier molecular flexibility index (Phi) is 7.60. The topological polar surface area (TPSA) is 157 Å². The number of aromatic amines is 1. The van der Waals surface area contributed by atoms with Crippen LogP contribution in [0.3, 0.4) is 0 Å². The Labute approximate surface area is 200 Å². The Morgan fingerprint density at radius 3 is 2.56 bits per heavy atom. The minimum Gasteiger partial charge on any atom is -0.370 e. The lowest BCUT2D eigenvalue weighted by Crippen LogP contribution is -2.19. The van der Waals surface area contributed by atoms with Gasteiger partial charge in [-0.2, -0.15) is 5.10 Å². The second-order valence-corrected chi connectivity index (χ2v) is 8.98. The van der Waals surface area contributed by atoms with Crippen molar-refractivity contribution in [2.24, 2.45) is 5.92 Å². The third-order valence-corrected chi connectivity index (χ3v) is 5.83. The van der Waals surface area contributed by atoms with E-state index in [0.717, 1.165) is 29.1 Å². The summed E-state index contributed by atoms with van der Waals surface area (Å²) in [5, 5.41) is 25.5. The standard InChI is InChI=1S/C22H26N8O3S/c1-13-11-19(29-28-13)25-18-12-17(23-10-2-3-20(31)30-33)26-22(27-18)34-16-8-6-15(7-9-16)24-21(32)14-4-5-14/h6-9,11-12,14,33H,2-5,10H2,1H3,(H,24,32)(H,30,31)(H3,23,25,26,27,28,29). The zero-order valence-corrected chi connectivity index (χ0v) is 19.4. The van der Waals surface area contributed by atoms with Crippen molar-refractivity contribution in [2.45, 2.75) is 42.7 Å². The van der Waals surface area contributed by atoms with E-state index < -0.39 is 5.91 Å². The molecule has 0 spiro atoms. The van der Waals surface area contributed by atoms with Crippen molar-refractivity contribution in [3.8, 4) is 0 Å². The summed E-state index contributed by atoms with van der Waals surface area (Å²) < 4.78 is 0. The molecule has 1 fully saturated rings. The summed E-state index contributed by atoms with van der Waals surface area (Å²) in [5.41, 5.74) is 3.30. The van der Waals surface area contributed by atoms with Crippen LogP contribution in [0, 0.1) is 12.8 Å². The summed E-state index contributed by atoms with van der Waals surface area (Å²) in [7, 11) is 0.